The molecule has 2 aromatic carbocycles. The van der Waals surface area contributed by atoms with Crippen molar-refractivity contribution in [2.75, 3.05) is 11.4 Å². The summed E-state index contributed by atoms with van der Waals surface area (Å²) in [5.74, 6) is 0.0926. The number of pyridine rings is 1. The minimum atomic E-state index is 0. The van der Waals surface area contributed by atoms with E-state index >= 15 is 0 Å². The standard InChI is InChI=1S/C20H19N3O.ClH/c21-17-11-13-22(19-10-4-2-8-16(17)19)14-20(24)23-12-5-7-15-6-1-3-9-18(15)23;/h1-4,6,8-11,13,21H,5,7,12,14H2;1H. The third-order valence-electron chi connectivity index (χ3n) is 4.64. The highest BCUT2D eigenvalue weighted by Gasteiger charge is 2.22. The maximum Gasteiger partial charge on any atom is 0.246 e. The van der Waals surface area contributed by atoms with E-state index in [4.69, 9.17) is 5.41 Å². The average Bonchev–Trinajstić information content (AvgIpc) is 2.64. The highest BCUT2D eigenvalue weighted by atomic mass is 35.5. The van der Waals surface area contributed by atoms with Gasteiger partial charge in [0.1, 0.15) is 6.54 Å². The van der Waals surface area contributed by atoms with Gasteiger partial charge in [-0.2, -0.15) is 0 Å². The van der Waals surface area contributed by atoms with Gasteiger partial charge in [-0.25, -0.2) is 0 Å². The summed E-state index contributed by atoms with van der Waals surface area (Å²) >= 11 is 0. The van der Waals surface area contributed by atoms with Crippen LogP contribution in [0.4, 0.5) is 5.69 Å². The molecule has 2 heterocycles. The number of carbonyl (C=O) groups is 1. The van der Waals surface area contributed by atoms with Gasteiger partial charge in [0.05, 0.1) is 10.9 Å². The molecule has 0 fully saturated rings. The second-order valence-electron chi connectivity index (χ2n) is 6.15. The van der Waals surface area contributed by atoms with E-state index in [1.54, 1.807) is 6.07 Å². The number of carbonyl (C=O) groups excluding carboxylic acids is 1. The third-order valence-corrected chi connectivity index (χ3v) is 4.64. The van der Waals surface area contributed by atoms with Gasteiger partial charge in [-0.15, -0.1) is 12.4 Å². The lowest BCUT2D eigenvalue weighted by atomic mass is 10.0. The van der Waals surface area contributed by atoms with Crippen LogP contribution in [0, 0.1) is 5.41 Å². The lowest BCUT2D eigenvalue weighted by Gasteiger charge is -2.30. The zero-order valence-corrected chi connectivity index (χ0v) is 14.6. The number of nitrogens with one attached hydrogen (secondary N) is 1. The van der Waals surface area contributed by atoms with Gasteiger partial charge in [0.2, 0.25) is 5.91 Å². The van der Waals surface area contributed by atoms with E-state index in [0.29, 0.717) is 5.36 Å². The van der Waals surface area contributed by atoms with Gasteiger partial charge in [0, 0.05) is 23.8 Å². The molecular formula is C20H20ClN3O. The number of nitrogens with zero attached hydrogens (tertiary/aromatic N) is 2. The number of halogens is 1. The lowest BCUT2D eigenvalue weighted by molar-refractivity contribution is -0.119. The molecule has 0 radical (unpaired) electrons. The minimum Gasteiger partial charge on any atom is -0.338 e. The lowest BCUT2D eigenvalue weighted by Crippen LogP contribution is -2.37. The van der Waals surface area contributed by atoms with E-state index in [2.05, 4.69) is 6.07 Å². The van der Waals surface area contributed by atoms with Gasteiger partial charge in [-0.05, 0) is 36.6 Å². The molecule has 25 heavy (non-hydrogen) atoms. The van der Waals surface area contributed by atoms with Gasteiger partial charge in [-0.3, -0.25) is 4.79 Å². The van der Waals surface area contributed by atoms with Crippen LogP contribution < -0.4 is 10.3 Å². The maximum atomic E-state index is 12.9. The van der Waals surface area contributed by atoms with Gasteiger partial charge in [-0.1, -0.05) is 36.4 Å². The molecule has 3 aromatic rings. The number of rotatable bonds is 2. The van der Waals surface area contributed by atoms with Crippen LogP contribution in [-0.2, 0) is 17.8 Å². The molecule has 0 spiro atoms. The van der Waals surface area contributed by atoms with Gasteiger partial charge in [0.25, 0.3) is 0 Å². The molecular weight excluding hydrogens is 334 g/mol. The second kappa shape index (κ2) is 7.11. The summed E-state index contributed by atoms with van der Waals surface area (Å²) in [4.78, 5) is 14.8. The Hall–Kier alpha value is -2.59. The van der Waals surface area contributed by atoms with Crippen LogP contribution in [-0.4, -0.2) is 17.0 Å². The second-order valence-corrected chi connectivity index (χ2v) is 6.15. The number of hydrogen-bond acceptors (Lipinski definition) is 2. The molecule has 1 aliphatic rings. The van der Waals surface area contributed by atoms with Crippen LogP contribution in [0.15, 0.2) is 60.8 Å². The van der Waals surface area contributed by atoms with Crippen molar-refractivity contribution in [3.63, 3.8) is 0 Å². The number of aryl methyl sites for hydroxylation is 1. The molecule has 0 saturated carbocycles. The van der Waals surface area contributed by atoms with Crippen molar-refractivity contribution in [3.8, 4) is 0 Å². The fourth-order valence-electron chi connectivity index (χ4n) is 3.45. The van der Waals surface area contributed by atoms with Crippen LogP contribution >= 0.6 is 12.4 Å². The Bertz CT molecular complexity index is 980. The van der Waals surface area contributed by atoms with Gasteiger partial charge >= 0.3 is 0 Å². The Morgan fingerprint density at radius 2 is 1.80 bits per heavy atom. The molecule has 0 bridgehead atoms. The van der Waals surface area contributed by atoms with Crippen LogP contribution in [0.25, 0.3) is 10.9 Å². The first-order valence-corrected chi connectivity index (χ1v) is 8.25. The Morgan fingerprint density at radius 3 is 2.68 bits per heavy atom. The van der Waals surface area contributed by atoms with E-state index in [0.717, 1.165) is 36.0 Å². The number of benzene rings is 2. The molecule has 1 amide bonds. The number of fused-ring (bicyclic) bond motifs is 2. The molecule has 0 unspecified atom stereocenters. The number of anilines is 1. The molecule has 4 rings (SSSR count). The Labute approximate surface area is 152 Å². The van der Waals surface area contributed by atoms with Crippen molar-refractivity contribution in [2.45, 2.75) is 19.4 Å². The van der Waals surface area contributed by atoms with E-state index in [9.17, 15) is 4.79 Å². The summed E-state index contributed by atoms with van der Waals surface area (Å²) in [7, 11) is 0. The fourth-order valence-corrected chi connectivity index (χ4v) is 3.45. The maximum absolute atomic E-state index is 12.9. The smallest absolute Gasteiger partial charge is 0.246 e. The first kappa shape index (κ1) is 17.2. The minimum absolute atomic E-state index is 0. The molecule has 0 aliphatic carbocycles. The third kappa shape index (κ3) is 3.17. The zero-order valence-electron chi connectivity index (χ0n) is 13.8. The predicted molar refractivity (Wildman–Crippen MR) is 102 cm³/mol. The molecule has 128 valence electrons. The normalized spacial score (nSPS) is 13.2. The summed E-state index contributed by atoms with van der Waals surface area (Å²) in [5, 5.41) is 9.38. The largest absolute Gasteiger partial charge is 0.338 e. The molecule has 1 aliphatic heterocycles. The first-order chi connectivity index (χ1) is 11.7. The van der Waals surface area contributed by atoms with Crippen molar-refractivity contribution < 1.29 is 4.79 Å². The molecule has 4 nitrogen and oxygen atoms in total. The Morgan fingerprint density at radius 1 is 1.04 bits per heavy atom. The number of aromatic nitrogens is 1. The first-order valence-electron chi connectivity index (χ1n) is 8.25. The summed E-state index contributed by atoms with van der Waals surface area (Å²) in [6, 6.07) is 17.7. The zero-order chi connectivity index (χ0) is 16.5. The Kier molecular flexibility index (Phi) is 4.91. The predicted octanol–water partition coefficient (Wildman–Crippen LogP) is 3.52. The molecule has 1 aromatic heterocycles. The number of amides is 1. The van der Waals surface area contributed by atoms with E-state index in [1.807, 2.05) is 58.1 Å². The van der Waals surface area contributed by atoms with Gasteiger partial charge < -0.3 is 14.9 Å². The van der Waals surface area contributed by atoms with E-state index in [1.165, 1.54) is 5.56 Å². The van der Waals surface area contributed by atoms with Crippen molar-refractivity contribution in [1.29, 1.82) is 5.41 Å². The Balaban J connectivity index is 0.00000182. The summed E-state index contributed by atoms with van der Waals surface area (Å²) in [5.41, 5.74) is 3.20. The van der Waals surface area contributed by atoms with Gasteiger partial charge in [0.15, 0.2) is 0 Å². The summed E-state index contributed by atoms with van der Waals surface area (Å²) in [6.07, 6.45) is 3.86. The van der Waals surface area contributed by atoms with Crippen LogP contribution in [0.1, 0.15) is 12.0 Å². The average molecular weight is 354 g/mol. The summed E-state index contributed by atoms with van der Waals surface area (Å²) in [6.45, 7) is 1.06. The molecule has 5 heteroatoms. The summed E-state index contributed by atoms with van der Waals surface area (Å²) < 4.78 is 1.94. The molecule has 1 N–H and O–H groups in total. The molecule has 0 atom stereocenters. The quantitative estimate of drug-likeness (QED) is 0.753. The highest BCUT2D eigenvalue weighted by molar-refractivity contribution is 5.95. The fraction of sp³-hybridized carbons (Fsp3) is 0.200. The van der Waals surface area contributed by atoms with Crippen molar-refractivity contribution in [3.05, 3.63) is 71.7 Å². The SMILES string of the molecule is Cl.N=c1ccn(CC(=O)N2CCCc3ccccc32)c2ccccc12. The van der Waals surface area contributed by atoms with Crippen molar-refractivity contribution >= 4 is 34.9 Å². The van der Waals surface area contributed by atoms with Crippen LogP contribution in [0.2, 0.25) is 0 Å². The highest BCUT2D eigenvalue weighted by Crippen LogP contribution is 2.27. The van der Waals surface area contributed by atoms with E-state index in [-0.39, 0.29) is 24.9 Å². The monoisotopic (exact) mass is 353 g/mol. The van der Waals surface area contributed by atoms with Crippen molar-refractivity contribution in [1.82, 2.24) is 4.57 Å². The van der Waals surface area contributed by atoms with Crippen LogP contribution in [0.5, 0.6) is 0 Å². The van der Waals surface area contributed by atoms with Crippen LogP contribution in [0.3, 0.4) is 0 Å². The van der Waals surface area contributed by atoms with E-state index < -0.39 is 0 Å². The number of para-hydroxylation sites is 2. The number of hydrogen-bond donors (Lipinski definition) is 1. The topological polar surface area (TPSA) is 49.1 Å². The molecule has 0 saturated heterocycles. The van der Waals surface area contributed by atoms with Crippen molar-refractivity contribution in [2.24, 2.45) is 0 Å².